The molecule has 4 rings (SSSR count). The summed E-state index contributed by atoms with van der Waals surface area (Å²) in [5.41, 5.74) is 4.14. The number of rotatable bonds is 2. The molecule has 1 fully saturated rings. The van der Waals surface area contributed by atoms with Gasteiger partial charge in [-0.25, -0.2) is 0 Å². The lowest BCUT2D eigenvalue weighted by molar-refractivity contribution is -0.154. The van der Waals surface area contributed by atoms with Gasteiger partial charge in [-0.2, -0.15) is 0 Å². The van der Waals surface area contributed by atoms with Crippen molar-refractivity contribution in [1.29, 1.82) is 0 Å². The van der Waals surface area contributed by atoms with Crippen LogP contribution in [-0.2, 0) is 9.53 Å². The lowest BCUT2D eigenvalue weighted by atomic mass is 9.56. The van der Waals surface area contributed by atoms with Crippen LogP contribution < -0.4 is 0 Å². The van der Waals surface area contributed by atoms with Gasteiger partial charge in [-0.1, -0.05) is 24.3 Å². The van der Waals surface area contributed by atoms with E-state index in [2.05, 4.69) is 35.3 Å². The van der Waals surface area contributed by atoms with E-state index < -0.39 is 0 Å². The van der Waals surface area contributed by atoms with Gasteiger partial charge in [0.05, 0.1) is 18.5 Å². The average molecular weight is 307 g/mol. The summed E-state index contributed by atoms with van der Waals surface area (Å²) in [5, 5.41) is 1.23. The molecule has 0 amide bonds. The highest BCUT2D eigenvalue weighted by atomic mass is 16.5. The van der Waals surface area contributed by atoms with Gasteiger partial charge in [-0.05, 0) is 60.8 Å². The van der Waals surface area contributed by atoms with Gasteiger partial charge >= 0.3 is 5.97 Å². The fourth-order valence-electron chi connectivity index (χ4n) is 4.25. The highest BCUT2D eigenvalue weighted by molar-refractivity contribution is 5.91. The summed E-state index contributed by atoms with van der Waals surface area (Å²) in [4.78, 5) is 16.1. The summed E-state index contributed by atoms with van der Waals surface area (Å²) in [6.45, 7) is 0. The minimum Gasteiger partial charge on any atom is -0.469 e. The highest BCUT2D eigenvalue weighted by Crippen LogP contribution is 2.55. The van der Waals surface area contributed by atoms with Gasteiger partial charge in [0.1, 0.15) is 0 Å². The Hall–Kier alpha value is -2.16. The topological polar surface area (TPSA) is 39.2 Å². The number of fused-ring (bicyclic) bond motifs is 1. The molecule has 23 heavy (non-hydrogen) atoms. The fraction of sp³-hybridized carbons (Fsp3) is 0.400. The molecule has 0 N–H and O–H groups in total. The Kier molecular flexibility index (Phi) is 3.44. The van der Waals surface area contributed by atoms with Crippen molar-refractivity contribution < 1.29 is 9.53 Å². The van der Waals surface area contributed by atoms with Crippen molar-refractivity contribution >= 4 is 22.4 Å². The number of nitrogens with zero attached hydrogens (tertiary/aromatic N) is 1. The Morgan fingerprint density at radius 1 is 1.26 bits per heavy atom. The molecule has 1 spiro atoms. The van der Waals surface area contributed by atoms with Crippen molar-refractivity contribution in [3.05, 3.63) is 48.2 Å². The largest absolute Gasteiger partial charge is 0.469 e. The summed E-state index contributed by atoms with van der Waals surface area (Å²) in [7, 11) is 1.49. The SMILES string of the molecule is COC(=O)C1CC2(CC=C(c3ccnc4ccccc34)CC2)C1. The average Bonchev–Trinajstić information content (AvgIpc) is 2.58. The summed E-state index contributed by atoms with van der Waals surface area (Å²) < 4.78 is 4.87. The van der Waals surface area contributed by atoms with E-state index >= 15 is 0 Å². The van der Waals surface area contributed by atoms with Crippen LogP contribution in [0.3, 0.4) is 0 Å². The van der Waals surface area contributed by atoms with E-state index in [0.29, 0.717) is 5.41 Å². The molecular weight excluding hydrogens is 286 g/mol. The molecule has 0 saturated heterocycles. The number of methoxy groups -OCH3 is 1. The van der Waals surface area contributed by atoms with Crippen molar-refractivity contribution in [2.24, 2.45) is 11.3 Å². The molecule has 2 aliphatic rings. The Bertz CT molecular complexity index is 782. The Balaban J connectivity index is 1.55. The normalized spacial score (nSPS) is 26.7. The van der Waals surface area contributed by atoms with Crippen molar-refractivity contribution in [3.63, 3.8) is 0 Å². The first kappa shape index (κ1) is 14.4. The number of ether oxygens (including phenoxy) is 1. The van der Waals surface area contributed by atoms with Crippen LogP contribution >= 0.6 is 0 Å². The third-order valence-electron chi connectivity index (χ3n) is 5.59. The maximum Gasteiger partial charge on any atom is 0.308 e. The van der Waals surface area contributed by atoms with Crippen molar-refractivity contribution in [2.45, 2.75) is 32.1 Å². The van der Waals surface area contributed by atoms with E-state index in [1.807, 2.05) is 12.3 Å². The van der Waals surface area contributed by atoms with Crippen LogP contribution in [-0.4, -0.2) is 18.1 Å². The van der Waals surface area contributed by atoms with Gasteiger partial charge < -0.3 is 4.74 Å². The smallest absolute Gasteiger partial charge is 0.308 e. The van der Waals surface area contributed by atoms with Crippen molar-refractivity contribution in [2.75, 3.05) is 7.11 Å². The van der Waals surface area contributed by atoms with Gasteiger partial charge in [-0.15, -0.1) is 0 Å². The number of allylic oxidation sites excluding steroid dienone is 2. The van der Waals surface area contributed by atoms with E-state index in [9.17, 15) is 4.79 Å². The maximum absolute atomic E-state index is 11.6. The molecule has 1 heterocycles. The van der Waals surface area contributed by atoms with Crippen molar-refractivity contribution in [1.82, 2.24) is 4.98 Å². The molecule has 0 aliphatic heterocycles. The van der Waals surface area contributed by atoms with Crippen LogP contribution in [0, 0.1) is 11.3 Å². The second kappa shape index (κ2) is 5.48. The highest BCUT2D eigenvalue weighted by Gasteiger charge is 2.47. The quantitative estimate of drug-likeness (QED) is 0.773. The predicted octanol–water partition coefficient (Wildman–Crippen LogP) is 4.37. The van der Waals surface area contributed by atoms with Gasteiger partial charge in [0.15, 0.2) is 0 Å². The molecule has 2 aliphatic carbocycles. The fourth-order valence-corrected chi connectivity index (χ4v) is 4.25. The van der Waals surface area contributed by atoms with E-state index in [-0.39, 0.29) is 11.9 Å². The molecule has 0 bridgehead atoms. The first-order chi connectivity index (χ1) is 11.2. The molecule has 1 aromatic carbocycles. The first-order valence-electron chi connectivity index (χ1n) is 8.32. The Morgan fingerprint density at radius 2 is 2.09 bits per heavy atom. The zero-order valence-corrected chi connectivity index (χ0v) is 13.4. The minimum absolute atomic E-state index is 0.0365. The molecule has 0 unspecified atom stereocenters. The molecule has 3 heteroatoms. The van der Waals surface area contributed by atoms with Crippen LogP contribution in [0.25, 0.3) is 16.5 Å². The third-order valence-corrected chi connectivity index (χ3v) is 5.59. The predicted molar refractivity (Wildman–Crippen MR) is 90.7 cm³/mol. The number of hydrogen-bond acceptors (Lipinski definition) is 3. The number of benzene rings is 1. The number of pyridine rings is 1. The van der Waals surface area contributed by atoms with Crippen LogP contribution in [0.4, 0.5) is 0 Å². The van der Waals surface area contributed by atoms with Crippen LogP contribution in [0.1, 0.15) is 37.7 Å². The van der Waals surface area contributed by atoms with Gasteiger partial charge in [-0.3, -0.25) is 9.78 Å². The number of aromatic nitrogens is 1. The van der Waals surface area contributed by atoms with Gasteiger partial charge in [0.2, 0.25) is 0 Å². The summed E-state index contributed by atoms with van der Waals surface area (Å²) >= 11 is 0. The van der Waals surface area contributed by atoms with Crippen LogP contribution in [0.2, 0.25) is 0 Å². The van der Waals surface area contributed by atoms with Crippen molar-refractivity contribution in [3.8, 4) is 0 Å². The minimum atomic E-state index is -0.0365. The summed E-state index contributed by atoms with van der Waals surface area (Å²) in [6, 6.07) is 10.5. The Morgan fingerprint density at radius 3 is 2.83 bits per heavy atom. The van der Waals surface area contributed by atoms with E-state index in [1.54, 1.807) is 0 Å². The second-order valence-electron chi connectivity index (χ2n) is 6.94. The third kappa shape index (κ3) is 2.44. The molecular formula is C20H21NO2. The molecule has 1 saturated carbocycles. The zero-order chi connectivity index (χ0) is 15.9. The molecule has 0 atom stereocenters. The number of para-hydroxylation sites is 1. The Labute approximate surface area is 136 Å². The number of esters is 1. The second-order valence-corrected chi connectivity index (χ2v) is 6.94. The van der Waals surface area contributed by atoms with Gasteiger partial charge in [0.25, 0.3) is 0 Å². The maximum atomic E-state index is 11.6. The molecule has 1 aromatic heterocycles. The summed E-state index contributed by atoms with van der Waals surface area (Å²) in [6.07, 6.45) is 9.59. The molecule has 118 valence electrons. The number of carbonyl (C=O) groups is 1. The van der Waals surface area contributed by atoms with Gasteiger partial charge in [0, 0.05) is 11.6 Å². The lowest BCUT2D eigenvalue weighted by Crippen LogP contribution is -2.42. The molecule has 3 nitrogen and oxygen atoms in total. The van der Waals surface area contributed by atoms with E-state index in [0.717, 1.165) is 31.2 Å². The molecule has 0 radical (unpaired) electrons. The lowest BCUT2D eigenvalue weighted by Gasteiger charge is -2.48. The number of hydrogen-bond donors (Lipinski definition) is 0. The summed E-state index contributed by atoms with van der Waals surface area (Å²) in [5.74, 6) is 0.0854. The molecule has 2 aromatic rings. The van der Waals surface area contributed by atoms with E-state index in [1.165, 1.54) is 30.1 Å². The van der Waals surface area contributed by atoms with Crippen LogP contribution in [0.15, 0.2) is 42.6 Å². The monoisotopic (exact) mass is 307 g/mol. The first-order valence-corrected chi connectivity index (χ1v) is 8.32. The van der Waals surface area contributed by atoms with E-state index in [4.69, 9.17) is 4.74 Å². The zero-order valence-electron chi connectivity index (χ0n) is 13.4. The van der Waals surface area contributed by atoms with Crippen LogP contribution in [0.5, 0.6) is 0 Å². The number of carbonyl (C=O) groups excluding carboxylic acids is 1. The standard InChI is InChI=1S/C20H21NO2/c1-23-19(22)15-12-20(13-15)9-6-14(7-10-20)16-8-11-21-18-5-3-2-4-17(16)18/h2-6,8,11,15H,7,9-10,12-13H2,1H3.